The Kier molecular flexibility index (Phi) is 5.00. The number of phenols is 1. The lowest BCUT2D eigenvalue weighted by Crippen LogP contribution is -2.06. The molecule has 5 nitrogen and oxygen atoms in total. The number of rotatable bonds is 5. The van der Waals surface area contributed by atoms with E-state index in [9.17, 15) is 9.90 Å². The van der Waals surface area contributed by atoms with Crippen molar-refractivity contribution in [1.82, 2.24) is 4.98 Å². The zero-order chi connectivity index (χ0) is 17.8. The quantitative estimate of drug-likeness (QED) is 0.695. The molecule has 0 saturated heterocycles. The van der Waals surface area contributed by atoms with Crippen molar-refractivity contribution in [2.45, 2.75) is 13.5 Å². The minimum atomic E-state index is -0.576. The summed E-state index contributed by atoms with van der Waals surface area (Å²) in [5.74, 6) is 0.0710. The molecular formula is C19H17NO4S. The van der Waals surface area contributed by atoms with E-state index in [1.165, 1.54) is 17.4 Å². The van der Waals surface area contributed by atoms with E-state index in [1.54, 1.807) is 19.2 Å². The monoisotopic (exact) mass is 355 g/mol. The van der Waals surface area contributed by atoms with Gasteiger partial charge in [-0.15, -0.1) is 11.3 Å². The first-order valence-electron chi connectivity index (χ1n) is 7.63. The SMILES string of the molecule is COc1ccccc1-c1nc(COC(=O)c2cc(C)ccc2O)cs1. The molecule has 0 radical (unpaired) electrons. The topological polar surface area (TPSA) is 68.7 Å². The van der Waals surface area contributed by atoms with Crippen molar-refractivity contribution >= 4 is 17.3 Å². The maximum atomic E-state index is 12.1. The number of aromatic nitrogens is 1. The summed E-state index contributed by atoms with van der Waals surface area (Å²) in [7, 11) is 1.61. The first kappa shape index (κ1) is 17.0. The Balaban J connectivity index is 1.72. The molecule has 1 heterocycles. The zero-order valence-corrected chi connectivity index (χ0v) is 14.7. The van der Waals surface area contributed by atoms with Gasteiger partial charge in [0.15, 0.2) is 0 Å². The van der Waals surface area contributed by atoms with Gasteiger partial charge in [0.2, 0.25) is 0 Å². The van der Waals surface area contributed by atoms with Gasteiger partial charge in [-0.05, 0) is 31.2 Å². The predicted molar refractivity (Wildman–Crippen MR) is 96.1 cm³/mol. The van der Waals surface area contributed by atoms with E-state index >= 15 is 0 Å². The number of nitrogens with zero attached hydrogens (tertiary/aromatic N) is 1. The van der Waals surface area contributed by atoms with Crippen molar-refractivity contribution < 1.29 is 19.4 Å². The van der Waals surface area contributed by atoms with Crippen LogP contribution >= 0.6 is 11.3 Å². The van der Waals surface area contributed by atoms with Gasteiger partial charge in [0.05, 0.1) is 18.4 Å². The number of hydrogen-bond acceptors (Lipinski definition) is 6. The van der Waals surface area contributed by atoms with Gasteiger partial charge in [-0.25, -0.2) is 9.78 Å². The number of thiazole rings is 1. The van der Waals surface area contributed by atoms with Gasteiger partial charge in [-0.1, -0.05) is 23.8 Å². The molecule has 0 aliphatic carbocycles. The number of carbonyl (C=O) groups excluding carboxylic acids is 1. The normalized spacial score (nSPS) is 10.5. The molecule has 128 valence electrons. The molecule has 1 aromatic heterocycles. The number of carbonyl (C=O) groups is 1. The van der Waals surface area contributed by atoms with E-state index in [4.69, 9.17) is 9.47 Å². The highest BCUT2D eigenvalue weighted by Gasteiger charge is 2.15. The summed E-state index contributed by atoms with van der Waals surface area (Å²) in [6, 6.07) is 12.4. The number of ether oxygens (including phenoxy) is 2. The van der Waals surface area contributed by atoms with Crippen LogP contribution in [0, 0.1) is 6.92 Å². The molecule has 0 aliphatic heterocycles. The molecule has 0 saturated carbocycles. The molecule has 0 fully saturated rings. The highest BCUT2D eigenvalue weighted by molar-refractivity contribution is 7.13. The third-order valence-electron chi connectivity index (χ3n) is 3.61. The molecule has 1 N–H and O–H groups in total. The van der Waals surface area contributed by atoms with Crippen molar-refractivity contribution in [2.24, 2.45) is 0 Å². The molecule has 3 rings (SSSR count). The number of benzene rings is 2. The van der Waals surface area contributed by atoms with Gasteiger partial charge < -0.3 is 14.6 Å². The highest BCUT2D eigenvalue weighted by atomic mass is 32.1. The molecule has 0 spiro atoms. The lowest BCUT2D eigenvalue weighted by atomic mass is 10.1. The number of aryl methyl sites for hydroxylation is 1. The van der Waals surface area contributed by atoms with Crippen LogP contribution in [0.4, 0.5) is 0 Å². The Morgan fingerprint density at radius 1 is 1.24 bits per heavy atom. The van der Waals surface area contributed by atoms with Crippen LogP contribution in [0.3, 0.4) is 0 Å². The van der Waals surface area contributed by atoms with E-state index in [2.05, 4.69) is 4.98 Å². The van der Waals surface area contributed by atoms with Gasteiger partial charge in [0, 0.05) is 5.38 Å². The maximum absolute atomic E-state index is 12.1. The molecule has 0 aliphatic rings. The van der Waals surface area contributed by atoms with Crippen LogP contribution in [0.1, 0.15) is 21.6 Å². The van der Waals surface area contributed by atoms with Crippen LogP contribution in [0.15, 0.2) is 47.8 Å². The van der Waals surface area contributed by atoms with Crippen molar-refractivity contribution in [3.05, 3.63) is 64.7 Å². The van der Waals surface area contributed by atoms with Crippen LogP contribution in [-0.2, 0) is 11.3 Å². The Bertz CT molecular complexity index is 904. The smallest absolute Gasteiger partial charge is 0.342 e. The van der Waals surface area contributed by atoms with E-state index in [0.717, 1.165) is 21.9 Å². The van der Waals surface area contributed by atoms with E-state index < -0.39 is 5.97 Å². The molecule has 6 heteroatoms. The Morgan fingerprint density at radius 3 is 2.84 bits per heavy atom. The number of phenolic OH excluding ortho intramolecular Hbond substituents is 1. The number of para-hydroxylation sites is 1. The fraction of sp³-hybridized carbons (Fsp3) is 0.158. The van der Waals surface area contributed by atoms with Gasteiger partial charge in [-0.2, -0.15) is 0 Å². The van der Waals surface area contributed by atoms with E-state index in [1.807, 2.05) is 36.6 Å². The highest BCUT2D eigenvalue weighted by Crippen LogP contribution is 2.32. The Hall–Kier alpha value is -2.86. The number of hydrogen-bond donors (Lipinski definition) is 1. The van der Waals surface area contributed by atoms with Crippen molar-refractivity contribution in [3.8, 4) is 22.1 Å². The number of esters is 1. The largest absolute Gasteiger partial charge is 0.507 e. The predicted octanol–water partition coefficient (Wildman–Crippen LogP) is 4.19. The number of methoxy groups -OCH3 is 1. The second kappa shape index (κ2) is 7.36. The first-order chi connectivity index (χ1) is 12.1. The molecule has 2 aromatic carbocycles. The molecule has 0 atom stereocenters. The van der Waals surface area contributed by atoms with Crippen LogP contribution in [0.2, 0.25) is 0 Å². The first-order valence-corrected chi connectivity index (χ1v) is 8.51. The summed E-state index contributed by atoms with van der Waals surface area (Å²) in [6.07, 6.45) is 0. The number of aromatic hydroxyl groups is 1. The summed E-state index contributed by atoms with van der Waals surface area (Å²) in [4.78, 5) is 16.6. The Labute approximate surface area is 149 Å². The summed E-state index contributed by atoms with van der Waals surface area (Å²) >= 11 is 1.45. The molecule has 3 aromatic rings. The molecule has 0 bridgehead atoms. The minimum Gasteiger partial charge on any atom is -0.507 e. The fourth-order valence-corrected chi connectivity index (χ4v) is 3.18. The molecular weight excluding hydrogens is 338 g/mol. The zero-order valence-electron chi connectivity index (χ0n) is 13.9. The van der Waals surface area contributed by atoms with Crippen LogP contribution < -0.4 is 4.74 Å². The van der Waals surface area contributed by atoms with Crippen LogP contribution in [0.25, 0.3) is 10.6 Å². The van der Waals surface area contributed by atoms with E-state index in [0.29, 0.717) is 5.69 Å². The van der Waals surface area contributed by atoms with E-state index in [-0.39, 0.29) is 17.9 Å². The summed E-state index contributed by atoms with van der Waals surface area (Å²) in [5.41, 5.74) is 2.56. The summed E-state index contributed by atoms with van der Waals surface area (Å²) < 4.78 is 10.6. The average Bonchev–Trinajstić information content (AvgIpc) is 3.10. The lowest BCUT2D eigenvalue weighted by Gasteiger charge is -2.06. The third kappa shape index (κ3) is 3.80. The van der Waals surface area contributed by atoms with Crippen molar-refractivity contribution in [1.29, 1.82) is 0 Å². The molecule has 25 heavy (non-hydrogen) atoms. The standard InChI is InChI=1S/C19H17NO4S/c1-12-7-8-16(21)15(9-12)19(22)24-10-13-11-25-18(20-13)14-5-3-4-6-17(14)23-2/h3-9,11,21H,10H2,1-2H3. The second-order valence-corrected chi connectivity index (χ2v) is 6.30. The molecule has 0 unspecified atom stereocenters. The van der Waals surface area contributed by atoms with Crippen molar-refractivity contribution in [3.63, 3.8) is 0 Å². The van der Waals surface area contributed by atoms with Gasteiger partial charge in [-0.3, -0.25) is 0 Å². The summed E-state index contributed by atoms with van der Waals surface area (Å²) in [6.45, 7) is 1.88. The van der Waals surface area contributed by atoms with Gasteiger partial charge in [0.25, 0.3) is 0 Å². The summed E-state index contributed by atoms with van der Waals surface area (Å²) in [5, 5.41) is 12.4. The maximum Gasteiger partial charge on any atom is 0.342 e. The lowest BCUT2D eigenvalue weighted by molar-refractivity contribution is 0.0465. The second-order valence-electron chi connectivity index (χ2n) is 5.44. The Morgan fingerprint density at radius 2 is 2.04 bits per heavy atom. The minimum absolute atomic E-state index is 0.0395. The van der Waals surface area contributed by atoms with Crippen LogP contribution in [0.5, 0.6) is 11.5 Å². The third-order valence-corrected chi connectivity index (χ3v) is 4.54. The molecule has 0 amide bonds. The van der Waals surface area contributed by atoms with Gasteiger partial charge in [0.1, 0.15) is 28.7 Å². The van der Waals surface area contributed by atoms with Crippen LogP contribution in [-0.4, -0.2) is 23.2 Å². The van der Waals surface area contributed by atoms with Crippen molar-refractivity contribution in [2.75, 3.05) is 7.11 Å². The average molecular weight is 355 g/mol. The fourth-order valence-electron chi connectivity index (χ4n) is 2.35. The van der Waals surface area contributed by atoms with Gasteiger partial charge >= 0.3 is 5.97 Å².